The molecule has 130 valence electrons. The summed E-state index contributed by atoms with van der Waals surface area (Å²) >= 11 is 1.76. The average Bonchev–Trinajstić information content (AvgIpc) is 3.04. The van der Waals surface area contributed by atoms with Crippen LogP contribution in [0.2, 0.25) is 0 Å². The molecule has 1 aliphatic heterocycles. The number of anilines is 1. The molecule has 2 aromatic heterocycles. The highest BCUT2D eigenvalue weighted by Gasteiger charge is 2.23. The van der Waals surface area contributed by atoms with Crippen LogP contribution in [0.25, 0.3) is 0 Å². The van der Waals surface area contributed by atoms with Crippen LogP contribution < -0.4 is 4.90 Å². The number of ether oxygens (including phenoxy) is 1. The van der Waals surface area contributed by atoms with Gasteiger partial charge < -0.3 is 9.64 Å². The normalized spacial score (nSPS) is 18.7. The molecule has 1 aliphatic rings. The Labute approximate surface area is 147 Å². The van der Waals surface area contributed by atoms with Crippen LogP contribution in [0.15, 0.2) is 23.8 Å². The number of aromatic nitrogens is 3. The Hall–Kier alpha value is -1.57. The van der Waals surface area contributed by atoms with E-state index in [0.717, 1.165) is 51.6 Å². The van der Waals surface area contributed by atoms with E-state index in [1.807, 2.05) is 17.6 Å². The summed E-state index contributed by atoms with van der Waals surface area (Å²) in [5, 5.41) is 8.20. The first-order chi connectivity index (χ1) is 11.8. The van der Waals surface area contributed by atoms with Crippen molar-refractivity contribution in [3.05, 3.63) is 34.4 Å². The third-order valence-electron chi connectivity index (χ3n) is 4.41. The lowest BCUT2D eigenvalue weighted by Gasteiger charge is -2.35. The van der Waals surface area contributed by atoms with E-state index >= 15 is 0 Å². The van der Waals surface area contributed by atoms with Gasteiger partial charge >= 0.3 is 0 Å². The van der Waals surface area contributed by atoms with Crippen LogP contribution in [0, 0.1) is 6.92 Å². The molecule has 0 radical (unpaired) electrons. The Balaban J connectivity index is 1.52. The molecule has 0 aromatic carbocycles. The van der Waals surface area contributed by atoms with Gasteiger partial charge in [-0.15, -0.1) is 16.4 Å². The van der Waals surface area contributed by atoms with Crippen molar-refractivity contribution in [1.29, 1.82) is 0 Å². The minimum atomic E-state index is 0.211. The predicted octanol–water partition coefficient (Wildman–Crippen LogP) is 2.01. The maximum Gasteiger partial charge on any atom is 0.151 e. The van der Waals surface area contributed by atoms with E-state index in [0.29, 0.717) is 0 Å². The smallest absolute Gasteiger partial charge is 0.151 e. The Morgan fingerprint density at radius 3 is 3.08 bits per heavy atom. The van der Waals surface area contributed by atoms with Crippen molar-refractivity contribution in [2.24, 2.45) is 0 Å². The average molecular weight is 347 g/mol. The van der Waals surface area contributed by atoms with E-state index in [1.54, 1.807) is 17.5 Å². The van der Waals surface area contributed by atoms with Crippen LogP contribution in [-0.4, -0.2) is 65.5 Å². The lowest BCUT2D eigenvalue weighted by molar-refractivity contribution is -0.0234. The van der Waals surface area contributed by atoms with E-state index in [4.69, 9.17) is 4.74 Å². The summed E-state index contributed by atoms with van der Waals surface area (Å²) < 4.78 is 5.98. The summed E-state index contributed by atoms with van der Waals surface area (Å²) in [4.78, 5) is 10.5. The summed E-state index contributed by atoms with van der Waals surface area (Å²) in [5.41, 5.74) is 3.11. The summed E-state index contributed by atoms with van der Waals surface area (Å²) in [5.74, 6) is 0.918. The second-order valence-electron chi connectivity index (χ2n) is 6.02. The molecule has 1 fully saturated rings. The van der Waals surface area contributed by atoms with Crippen LogP contribution in [0.5, 0.6) is 0 Å². The number of morpholine rings is 1. The summed E-state index contributed by atoms with van der Waals surface area (Å²) in [6, 6.07) is 3.93. The van der Waals surface area contributed by atoms with Gasteiger partial charge in [-0.2, -0.15) is 5.10 Å². The van der Waals surface area contributed by atoms with Crippen LogP contribution in [0.3, 0.4) is 0 Å². The molecule has 2 aromatic rings. The molecule has 7 heteroatoms. The maximum atomic E-state index is 5.98. The van der Waals surface area contributed by atoms with E-state index in [9.17, 15) is 0 Å². The van der Waals surface area contributed by atoms with Gasteiger partial charge in [0.15, 0.2) is 5.82 Å². The zero-order valence-electron chi connectivity index (χ0n) is 14.4. The number of likely N-dealkylation sites (N-methyl/N-ethyl adjacent to an activating group) is 1. The molecule has 0 amide bonds. The van der Waals surface area contributed by atoms with Crippen molar-refractivity contribution < 1.29 is 4.74 Å². The molecule has 24 heavy (non-hydrogen) atoms. The van der Waals surface area contributed by atoms with Crippen molar-refractivity contribution in [3.8, 4) is 0 Å². The van der Waals surface area contributed by atoms with Gasteiger partial charge in [-0.3, -0.25) is 4.90 Å². The molecule has 0 aliphatic carbocycles. The molecule has 1 atom stereocenters. The summed E-state index contributed by atoms with van der Waals surface area (Å²) in [6.07, 6.45) is 2.99. The highest BCUT2D eigenvalue weighted by molar-refractivity contribution is 7.09. The van der Waals surface area contributed by atoms with Crippen molar-refractivity contribution in [1.82, 2.24) is 20.1 Å². The molecule has 1 saturated heterocycles. The Kier molecular flexibility index (Phi) is 6.12. The largest absolute Gasteiger partial charge is 0.374 e. The fourth-order valence-electron chi connectivity index (χ4n) is 3.01. The van der Waals surface area contributed by atoms with E-state index in [1.165, 1.54) is 10.6 Å². The number of hydrogen-bond acceptors (Lipinski definition) is 7. The molecule has 3 heterocycles. The molecule has 6 nitrogen and oxygen atoms in total. The standard InChI is InChI=1S/C17H25N5OS/c1-3-22(17-5-4-7-19-20-17)12-15-11-21(9-10-23-15)8-6-16-14(2)18-13-24-16/h4-5,7,13,15H,3,6,8-12H2,1-2H3/t15-/m1/s1. The van der Waals surface area contributed by atoms with Crippen LogP contribution >= 0.6 is 11.3 Å². The van der Waals surface area contributed by atoms with Gasteiger partial charge in [0.1, 0.15) is 0 Å². The van der Waals surface area contributed by atoms with Crippen molar-refractivity contribution >= 4 is 17.2 Å². The van der Waals surface area contributed by atoms with Gasteiger partial charge in [-0.05, 0) is 32.4 Å². The highest BCUT2D eigenvalue weighted by Crippen LogP contribution is 2.16. The molecular formula is C17H25N5OS. The third kappa shape index (κ3) is 4.49. The number of nitrogens with zero attached hydrogens (tertiary/aromatic N) is 5. The van der Waals surface area contributed by atoms with Crippen molar-refractivity contribution in [3.63, 3.8) is 0 Å². The van der Waals surface area contributed by atoms with Gasteiger partial charge in [0.25, 0.3) is 0 Å². The zero-order valence-corrected chi connectivity index (χ0v) is 15.2. The molecule has 0 saturated carbocycles. The Morgan fingerprint density at radius 1 is 1.46 bits per heavy atom. The first kappa shape index (κ1) is 17.3. The predicted molar refractivity (Wildman–Crippen MR) is 96.7 cm³/mol. The zero-order chi connectivity index (χ0) is 16.8. The lowest BCUT2D eigenvalue weighted by Crippen LogP contribution is -2.48. The van der Waals surface area contributed by atoms with Gasteiger partial charge in [0, 0.05) is 43.8 Å². The minimum absolute atomic E-state index is 0.211. The van der Waals surface area contributed by atoms with E-state index in [2.05, 4.69) is 38.8 Å². The molecule has 0 N–H and O–H groups in total. The highest BCUT2D eigenvalue weighted by atomic mass is 32.1. The van der Waals surface area contributed by atoms with E-state index in [-0.39, 0.29) is 6.10 Å². The van der Waals surface area contributed by atoms with Gasteiger partial charge in [-0.25, -0.2) is 4.98 Å². The quantitative estimate of drug-likeness (QED) is 0.764. The molecular weight excluding hydrogens is 322 g/mol. The van der Waals surface area contributed by atoms with Crippen molar-refractivity contribution in [2.75, 3.05) is 44.2 Å². The number of rotatable bonds is 7. The number of hydrogen-bond donors (Lipinski definition) is 0. The number of thiazole rings is 1. The van der Waals surface area contributed by atoms with Gasteiger partial charge in [-0.1, -0.05) is 0 Å². The van der Waals surface area contributed by atoms with Crippen LogP contribution in [0.1, 0.15) is 17.5 Å². The minimum Gasteiger partial charge on any atom is -0.374 e. The second kappa shape index (κ2) is 8.50. The lowest BCUT2D eigenvalue weighted by atomic mass is 10.2. The van der Waals surface area contributed by atoms with Crippen molar-refractivity contribution in [2.45, 2.75) is 26.4 Å². The number of aryl methyl sites for hydroxylation is 1. The molecule has 3 rings (SSSR count). The molecule has 0 spiro atoms. The Morgan fingerprint density at radius 2 is 2.38 bits per heavy atom. The van der Waals surface area contributed by atoms with Crippen LogP contribution in [0.4, 0.5) is 5.82 Å². The monoisotopic (exact) mass is 347 g/mol. The summed E-state index contributed by atoms with van der Waals surface area (Å²) in [7, 11) is 0. The van der Waals surface area contributed by atoms with Crippen LogP contribution in [-0.2, 0) is 11.2 Å². The SMILES string of the molecule is CCN(C[C@H]1CN(CCc2scnc2C)CCO1)c1cccnn1. The topological polar surface area (TPSA) is 54.4 Å². The second-order valence-corrected chi connectivity index (χ2v) is 6.96. The van der Waals surface area contributed by atoms with Gasteiger partial charge in [0.2, 0.25) is 0 Å². The fourth-order valence-corrected chi connectivity index (χ4v) is 3.78. The van der Waals surface area contributed by atoms with Gasteiger partial charge in [0.05, 0.1) is 23.9 Å². The maximum absolute atomic E-state index is 5.98. The third-order valence-corrected chi connectivity index (χ3v) is 5.41. The van der Waals surface area contributed by atoms with E-state index < -0.39 is 0 Å². The fraction of sp³-hybridized carbons (Fsp3) is 0.588. The first-order valence-corrected chi connectivity index (χ1v) is 9.39. The first-order valence-electron chi connectivity index (χ1n) is 8.52. The molecule has 0 unspecified atom stereocenters. The summed E-state index contributed by atoms with van der Waals surface area (Å²) in [6.45, 7) is 9.82. The molecule has 0 bridgehead atoms. The Bertz CT molecular complexity index is 620.